The van der Waals surface area contributed by atoms with Gasteiger partial charge in [-0.15, -0.1) is 0 Å². The lowest BCUT2D eigenvalue weighted by Gasteiger charge is -1.95. The van der Waals surface area contributed by atoms with E-state index in [0.717, 1.165) is 28.2 Å². The van der Waals surface area contributed by atoms with Gasteiger partial charge in [-0.3, -0.25) is 4.79 Å². The predicted molar refractivity (Wildman–Crippen MR) is 88.7 cm³/mol. The van der Waals surface area contributed by atoms with Crippen LogP contribution in [0.15, 0.2) is 28.9 Å². The summed E-state index contributed by atoms with van der Waals surface area (Å²) < 4.78 is 0.972. The molecule has 0 saturated carbocycles. The Morgan fingerprint density at radius 2 is 1.95 bits per heavy atom. The first-order valence-corrected chi connectivity index (χ1v) is 8.01. The van der Waals surface area contributed by atoms with Gasteiger partial charge in [-0.2, -0.15) is 0 Å². The van der Waals surface area contributed by atoms with Gasteiger partial charge in [0.25, 0.3) is 0 Å². The number of aromatic amines is 1. The second-order valence-electron chi connectivity index (χ2n) is 4.92. The lowest BCUT2D eigenvalue weighted by atomic mass is 10.1. The monoisotopic (exact) mass is 355 g/mol. The van der Waals surface area contributed by atoms with Gasteiger partial charge in [0.15, 0.2) is 0 Å². The normalized spacial score (nSPS) is 10.2. The van der Waals surface area contributed by atoms with Crippen LogP contribution in [0.1, 0.15) is 45.4 Å². The molecule has 5 heteroatoms. The molecule has 0 spiro atoms. The highest BCUT2D eigenvalue weighted by Crippen LogP contribution is 2.26. The maximum absolute atomic E-state index is 10.0. The molecular formula is C16H22BrNO3. The fourth-order valence-electron chi connectivity index (χ4n) is 1.96. The van der Waals surface area contributed by atoms with Gasteiger partial charge in [0.1, 0.15) is 5.75 Å². The van der Waals surface area contributed by atoms with Crippen LogP contribution in [0.2, 0.25) is 0 Å². The van der Waals surface area contributed by atoms with Crippen LogP contribution in [0.3, 0.4) is 0 Å². The van der Waals surface area contributed by atoms with Crippen LogP contribution in [0, 0.1) is 0 Å². The van der Waals surface area contributed by atoms with Crippen LogP contribution < -0.4 is 0 Å². The molecule has 0 saturated heterocycles. The number of fused-ring (bicyclic) bond motifs is 1. The topological polar surface area (TPSA) is 73.3 Å². The second kappa shape index (κ2) is 9.45. The van der Waals surface area contributed by atoms with Gasteiger partial charge in [0.05, 0.1) is 0 Å². The van der Waals surface area contributed by atoms with Crippen molar-refractivity contribution in [2.24, 2.45) is 0 Å². The number of carbonyl (C=O) groups is 1. The fourth-order valence-corrected chi connectivity index (χ4v) is 2.32. The summed E-state index contributed by atoms with van der Waals surface area (Å²) in [6, 6.07) is 5.72. The Morgan fingerprint density at radius 1 is 1.24 bits per heavy atom. The molecule has 0 atom stereocenters. The molecule has 0 radical (unpaired) electrons. The summed E-state index contributed by atoms with van der Waals surface area (Å²) in [6.07, 6.45) is 7.47. The van der Waals surface area contributed by atoms with E-state index < -0.39 is 5.97 Å². The molecule has 2 aromatic rings. The predicted octanol–water partition coefficient (Wildman–Crippen LogP) is 5.07. The van der Waals surface area contributed by atoms with E-state index in [2.05, 4.69) is 27.8 Å². The van der Waals surface area contributed by atoms with Crippen LogP contribution >= 0.6 is 15.9 Å². The minimum atomic E-state index is -0.670. The van der Waals surface area contributed by atoms with Crippen molar-refractivity contribution in [1.29, 1.82) is 0 Å². The van der Waals surface area contributed by atoms with Gasteiger partial charge in [0, 0.05) is 28.0 Å². The molecule has 1 heterocycles. The van der Waals surface area contributed by atoms with Crippen molar-refractivity contribution in [3.8, 4) is 5.75 Å². The molecule has 1 aromatic heterocycles. The molecular weight excluding hydrogens is 334 g/mol. The largest absolute Gasteiger partial charge is 0.506 e. The quantitative estimate of drug-likeness (QED) is 0.633. The Morgan fingerprint density at radius 3 is 2.62 bits per heavy atom. The number of carboxylic acids is 1. The third-order valence-corrected chi connectivity index (χ3v) is 3.61. The Kier molecular flexibility index (Phi) is 7.90. The summed E-state index contributed by atoms with van der Waals surface area (Å²) in [7, 11) is 0. The van der Waals surface area contributed by atoms with E-state index in [9.17, 15) is 9.90 Å². The van der Waals surface area contributed by atoms with Crippen molar-refractivity contribution < 1.29 is 15.0 Å². The first-order chi connectivity index (χ1) is 10.0. The third kappa shape index (κ3) is 6.67. The summed E-state index contributed by atoms with van der Waals surface area (Å²) >= 11 is 3.33. The molecule has 2 rings (SSSR count). The van der Waals surface area contributed by atoms with Gasteiger partial charge in [-0.25, -0.2) is 0 Å². The van der Waals surface area contributed by atoms with Crippen molar-refractivity contribution in [1.82, 2.24) is 4.98 Å². The smallest absolute Gasteiger partial charge is 0.303 e. The van der Waals surface area contributed by atoms with Crippen LogP contribution in [-0.2, 0) is 4.79 Å². The molecule has 1 aromatic carbocycles. The first kappa shape index (κ1) is 17.6. The highest BCUT2D eigenvalue weighted by atomic mass is 79.9. The summed E-state index contributed by atoms with van der Waals surface area (Å²) in [5.74, 6) is -0.377. The van der Waals surface area contributed by atoms with Gasteiger partial charge in [-0.05, 0) is 24.6 Å². The van der Waals surface area contributed by atoms with Crippen molar-refractivity contribution in [3.63, 3.8) is 0 Å². The van der Waals surface area contributed by atoms with Gasteiger partial charge < -0.3 is 15.2 Å². The second-order valence-corrected chi connectivity index (χ2v) is 5.84. The lowest BCUT2D eigenvalue weighted by molar-refractivity contribution is -0.137. The van der Waals surface area contributed by atoms with E-state index in [0.29, 0.717) is 12.2 Å². The van der Waals surface area contributed by atoms with Crippen LogP contribution in [-0.4, -0.2) is 21.2 Å². The zero-order chi connectivity index (χ0) is 15.7. The van der Waals surface area contributed by atoms with E-state index in [-0.39, 0.29) is 0 Å². The number of benzene rings is 1. The maximum atomic E-state index is 10.0. The Balaban J connectivity index is 0.000000212. The molecule has 0 amide bonds. The molecule has 0 aliphatic heterocycles. The Hall–Kier alpha value is -1.49. The van der Waals surface area contributed by atoms with Crippen molar-refractivity contribution in [3.05, 3.63) is 28.9 Å². The van der Waals surface area contributed by atoms with Crippen LogP contribution in [0.25, 0.3) is 10.9 Å². The molecule has 4 nitrogen and oxygen atoms in total. The van der Waals surface area contributed by atoms with Gasteiger partial charge in [0.2, 0.25) is 0 Å². The molecule has 3 N–H and O–H groups in total. The average Bonchev–Trinajstić information content (AvgIpc) is 2.80. The number of carboxylic acid groups (broad SMARTS) is 1. The highest BCUT2D eigenvalue weighted by Gasteiger charge is 2.00. The summed E-state index contributed by atoms with van der Waals surface area (Å²) in [5, 5.41) is 18.4. The minimum absolute atomic E-state index is 0.293. The number of hydrogen-bond acceptors (Lipinski definition) is 2. The first-order valence-electron chi connectivity index (χ1n) is 7.22. The molecule has 0 unspecified atom stereocenters. The summed E-state index contributed by atoms with van der Waals surface area (Å²) in [6.45, 7) is 2.15. The fraction of sp³-hybridized carbons (Fsp3) is 0.438. The number of halogens is 1. The van der Waals surface area contributed by atoms with Crippen molar-refractivity contribution in [2.45, 2.75) is 45.4 Å². The summed E-state index contributed by atoms with van der Waals surface area (Å²) in [4.78, 5) is 13.0. The van der Waals surface area contributed by atoms with Crippen LogP contribution in [0.5, 0.6) is 5.75 Å². The van der Waals surface area contributed by atoms with Crippen molar-refractivity contribution in [2.75, 3.05) is 0 Å². The summed E-state index contributed by atoms with van der Waals surface area (Å²) in [5.41, 5.74) is 0.950. The standard InChI is InChI=1S/C8H6BrNO.C8H16O2/c9-5-1-2-7-6(3-5)8(11)4-10-7;1-2-3-4-5-6-7-8(9)10/h1-4,10-11H;2-7H2,1H3,(H,9,10). The average molecular weight is 356 g/mol. The minimum Gasteiger partial charge on any atom is -0.506 e. The molecule has 0 aliphatic rings. The molecule has 0 fully saturated rings. The molecule has 116 valence electrons. The van der Waals surface area contributed by atoms with E-state index in [1.165, 1.54) is 19.3 Å². The zero-order valence-corrected chi connectivity index (χ0v) is 13.8. The Labute approximate surface area is 133 Å². The zero-order valence-electron chi connectivity index (χ0n) is 12.2. The van der Waals surface area contributed by atoms with E-state index in [1.54, 1.807) is 6.20 Å². The van der Waals surface area contributed by atoms with Crippen LogP contribution in [0.4, 0.5) is 0 Å². The maximum Gasteiger partial charge on any atom is 0.303 e. The number of hydrogen-bond donors (Lipinski definition) is 3. The number of H-pyrrole nitrogens is 1. The van der Waals surface area contributed by atoms with E-state index in [1.807, 2.05) is 18.2 Å². The number of rotatable bonds is 6. The number of aliphatic carboxylic acids is 1. The van der Waals surface area contributed by atoms with E-state index in [4.69, 9.17) is 5.11 Å². The van der Waals surface area contributed by atoms with E-state index >= 15 is 0 Å². The van der Waals surface area contributed by atoms with Gasteiger partial charge >= 0.3 is 5.97 Å². The number of nitrogens with one attached hydrogen (secondary N) is 1. The number of aromatic hydroxyl groups is 1. The lowest BCUT2D eigenvalue weighted by Crippen LogP contribution is -1.93. The van der Waals surface area contributed by atoms with Crippen molar-refractivity contribution >= 4 is 32.8 Å². The number of aromatic nitrogens is 1. The molecule has 0 bridgehead atoms. The number of unbranched alkanes of at least 4 members (excludes halogenated alkanes) is 4. The molecule has 21 heavy (non-hydrogen) atoms. The molecule has 0 aliphatic carbocycles. The SMILES string of the molecule is CCCCCCCC(=O)O.Oc1c[nH]c2ccc(Br)cc12. The Bertz CT molecular complexity index is 566. The third-order valence-electron chi connectivity index (χ3n) is 3.12. The van der Waals surface area contributed by atoms with Gasteiger partial charge in [-0.1, -0.05) is 48.5 Å². The highest BCUT2D eigenvalue weighted by molar-refractivity contribution is 9.10.